The van der Waals surface area contributed by atoms with E-state index in [0.29, 0.717) is 18.1 Å². The van der Waals surface area contributed by atoms with E-state index in [0.717, 1.165) is 0 Å². The molecule has 0 bridgehead atoms. The smallest absolute Gasteiger partial charge is 0.277 e. The van der Waals surface area contributed by atoms with Crippen molar-refractivity contribution in [1.82, 2.24) is 19.6 Å². The monoisotopic (exact) mass is 342 g/mol. The van der Waals surface area contributed by atoms with Crippen LogP contribution in [0, 0.1) is 5.82 Å². The van der Waals surface area contributed by atoms with Gasteiger partial charge in [-0.15, -0.1) is 0 Å². The number of amides is 2. The SMILES string of the molecule is NC(=O)CCn1ccc(NC(=O)c2ccn(-c3ccc(F)cc3)n2)n1. The standard InChI is InChI=1S/C16H15FN6O2/c17-11-1-3-12(4-2-11)23-10-5-13(20-23)16(25)19-15-7-9-22(21-15)8-6-14(18)24/h1-5,7,9-10H,6,8H2,(H2,18,24)(H,19,21,25). The zero-order chi connectivity index (χ0) is 17.8. The van der Waals surface area contributed by atoms with Crippen LogP contribution in [0.5, 0.6) is 0 Å². The van der Waals surface area contributed by atoms with Crippen LogP contribution in [-0.4, -0.2) is 31.4 Å². The zero-order valence-corrected chi connectivity index (χ0v) is 13.1. The summed E-state index contributed by atoms with van der Waals surface area (Å²) in [6.07, 6.45) is 3.40. The number of carbonyl (C=O) groups is 2. The molecule has 2 heterocycles. The molecule has 2 amide bonds. The number of hydrogen-bond acceptors (Lipinski definition) is 4. The first kappa shape index (κ1) is 16.4. The number of carbonyl (C=O) groups excluding carboxylic acids is 2. The highest BCUT2D eigenvalue weighted by atomic mass is 19.1. The number of benzene rings is 1. The molecule has 0 atom stereocenters. The van der Waals surface area contributed by atoms with Crippen LogP contribution in [0.25, 0.3) is 5.69 Å². The van der Waals surface area contributed by atoms with Crippen LogP contribution in [0.4, 0.5) is 10.2 Å². The Kier molecular flexibility index (Phi) is 4.55. The molecule has 0 radical (unpaired) electrons. The number of anilines is 1. The summed E-state index contributed by atoms with van der Waals surface area (Å²) in [6.45, 7) is 0.338. The molecule has 0 spiro atoms. The molecule has 3 N–H and O–H groups in total. The maximum absolute atomic E-state index is 13.0. The maximum Gasteiger partial charge on any atom is 0.277 e. The summed E-state index contributed by atoms with van der Waals surface area (Å²) in [4.78, 5) is 23.0. The van der Waals surface area contributed by atoms with Crippen LogP contribution in [0.2, 0.25) is 0 Å². The molecular weight excluding hydrogens is 327 g/mol. The molecular formula is C16H15FN6O2. The van der Waals surface area contributed by atoms with Gasteiger partial charge in [0.05, 0.1) is 5.69 Å². The first-order valence-electron chi connectivity index (χ1n) is 7.46. The van der Waals surface area contributed by atoms with Crippen LogP contribution in [0.15, 0.2) is 48.8 Å². The van der Waals surface area contributed by atoms with Crippen molar-refractivity contribution in [1.29, 1.82) is 0 Å². The second kappa shape index (κ2) is 6.95. The molecule has 2 aromatic heterocycles. The van der Waals surface area contributed by atoms with Crippen LogP contribution in [-0.2, 0) is 11.3 Å². The summed E-state index contributed by atoms with van der Waals surface area (Å²) in [6, 6.07) is 8.90. The highest BCUT2D eigenvalue weighted by Gasteiger charge is 2.12. The van der Waals surface area contributed by atoms with Crippen molar-refractivity contribution in [2.45, 2.75) is 13.0 Å². The third-order valence-electron chi connectivity index (χ3n) is 3.38. The molecule has 128 valence electrons. The van der Waals surface area contributed by atoms with Crippen molar-refractivity contribution < 1.29 is 14.0 Å². The second-order valence-electron chi connectivity index (χ2n) is 5.26. The van der Waals surface area contributed by atoms with Gasteiger partial charge >= 0.3 is 0 Å². The summed E-state index contributed by atoms with van der Waals surface area (Å²) in [5.41, 5.74) is 5.91. The van der Waals surface area contributed by atoms with Crippen LogP contribution < -0.4 is 11.1 Å². The van der Waals surface area contributed by atoms with E-state index in [1.54, 1.807) is 36.7 Å². The molecule has 0 aliphatic carbocycles. The summed E-state index contributed by atoms with van der Waals surface area (Å²) >= 11 is 0. The summed E-state index contributed by atoms with van der Waals surface area (Å²) < 4.78 is 15.9. The molecule has 3 aromatic rings. The Morgan fingerprint density at radius 1 is 1.08 bits per heavy atom. The van der Waals surface area contributed by atoms with Gasteiger partial charge in [0.2, 0.25) is 5.91 Å². The number of nitrogens with one attached hydrogen (secondary N) is 1. The Balaban J connectivity index is 1.66. The van der Waals surface area contributed by atoms with Gasteiger partial charge < -0.3 is 11.1 Å². The number of hydrogen-bond donors (Lipinski definition) is 2. The molecule has 0 aliphatic rings. The van der Waals surface area contributed by atoms with Gasteiger partial charge in [0.15, 0.2) is 11.5 Å². The Morgan fingerprint density at radius 3 is 2.56 bits per heavy atom. The number of aryl methyl sites for hydroxylation is 1. The van der Waals surface area contributed by atoms with Gasteiger partial charge in [-0.25, -0.2) is 9.07 Å². The molecule has 8 nitrogen and oxygen atoms in total. The Morgan fingerprint density at radius 2 is 1.84 bits per heavy atom. The first-order chi connectivity index (χ1) is 12.0. The lowest BCUT2D eigenvalue weighted by molar-refractivity contribution is -0.118. The summed E-state index contributed by atoms with van der Waals surface area (Å²) in [5, 5.41) is 10.9. The number of rotatable bonds is 6. The van der Waals surface area contributed by atoms with Crippen LogP contribution in [0.3, 0.4) is 0 Å². The third kappa shape index (κ3) is 4.08. The Hall–Kier alpha value is -3.49. The zero-order valence-electron chi connectivity index (χ0n) is 13.1. The maximum atomic E-state index is 13.0. The molecule has 0 saturated carbocycles. The minimum absolute atomic E-state index is 0.164. The fourth-order valence-corrected chi connectivity index (χ4v) is 2.14. The predicted octanol–water partition coefficient (Wildman–Crippen LogP) is 1.34. The van der Waals surface area contributed by atoms with Gasteiger partial charge in [0.1, 0.15) is 5.82 Å². The van der Waals surface area contributed by atoms with Gasteiger partial charge in [-0.3, -0.25) is 14.3 Å². The molecule has 3 rings (SSSR count). The van der Waals surface area contributed by atoms with Gasteiger partial charge in [0, 0.05) is 31.4 Å². The third-order valence-corrected chi connectivity index (χ3v) is 3.38. The average Bonchev–Trinajstić information content (AvgIpc) is 3.23. The second-order valence-corrected chi connectivity index (χ2v) is 5.26. The van der Waals surface area contributed by atoms with E-state index < -0.39 is 11.8 Å². The summed E-state index contributed by atoms with van der Waals surface area (Å²) in [5.74, 6) is -0.861. The van der Waals surface area contributed by atoms with Gasteiger partial charge in [-0.2, -0.15) is 10.2 Å². The van der Waals surface area contributed by atoms with Crippen LogP contribution >= 0.6 is 0 Å². The normalized spacial score (nSPS) is 10.6. The molecule has 0 aliphatic heterocycles. The lowest BCUT2D eigenvalue weighted by Crippen LogP contribution is -2.15. The van der Waals surface area contributed by atoms with Crippen LogP contribution in [0.1, 0.15) is 16.9 Å². The quantitative estimate of drug-likeness (QED) is 0.704. The molecule has 9 heteroatoms. The topological polar surface area (TPSA) is 108 Å². The number of nitrogens with two attached hydrogens (primary N) is 1. The van der Waals surface area contributed by atoms with Gasteiger partial charge in [-0.1, -0.05) is 0 Å². The van der Waals surface area contributed by atoms with E-state index in [1.807, 2.05) is 0 Å². The minimum atomic E-state index is -0.430. The average molecular weight is 342 g/mol. The van der Waals surface area contributed by atoms with Crippen molar-refractivity contribution in [3.05, 3.63) is 60.3 Å². The number of halogens is 1. The number of primary amides is 1. The van der Waals surface area contributed by atoms with Crippen molar-refractivity contribution >= 4 is 17.6 Å². The summed E-state index contributed by atoms with van der Waals surface area (Å²) in [7, 11) is 0. The molecule has 0 saturated heterocycles. The molecule has 25 heavy (non-hydrogen) atoms. The van der Waals surface area contributed by atoms with Gasteiger partial charge in [0.25, 0.3) is 5.91 Å². The molecule has 1 aromatic carbocycles. The van der Waals surface area contributed by atoms with E-state index >= 15 is 0 Å². The largest absolute Gasteiger partial charge is 0.370 e. The fraction of sp³-hybridized carbons (Fsp3) is 0.125. The number of nitrogens with zero attached hydrogens (tertiary/aromatic N) is 4. The van der Waals surface area contributed by atoms with Crippen molar-refractivity contribution in [3.8, 4) is 5.69 Å². The lowest BCUT2D eigenvalue weighted by atomic mass is 10.3. The van der Waals surface area contributed by atoms with E-state index in [-0.39, 0.29) is 17.9 Å². The van der Waals surface area contributed by atoms with Gasteiger partial charge in [-0.05, 0) is 30.3 Å². The molecule has 0 unspecified atom stereocenters. The van der Waals surface area contributed by atoms with Crippen molar-refractivity contribution in [2.75, 3.05) is 5.32 Å². The number of aromatic nitrogens is 4. The van der Waals surface area contributed by atoms with E-state index in [1.165, 1.54) is 21.5 Å². The predicted molar refractivity (Wildman–Crippen MR) is 87.5 cm³/mol. The van der Waals surface area contributed by atoms with Crippen molar-refractivity contribution in [3.63, 3.8) is 0 Å². The van der Waals surface area contributed by atoms with E-state index in [4.69, 9.17) is 5.73 Å². The first-order valence-corrected chi connectivity index (χ1v) is 7.46. The van der Waals surface area contributed by atoms with E-state index in [2.05, 4.69) is 15.5 Å². The Labute approximate surface area is 142 Å². The highest BCUT2D eigenvalue weighted by molar-refractivity contribution is 6.02. The fourth-order valence-electron chi connectivity index (χ4n) is 2.14. The molecule has 0 fully saturated rings. The van der Waals surface area contributed by atoms with E-state index in [9.17, 15) is 14.0 Å². The Bertz CT molecular complexity index is 900. The van der Waals surface area contributed by atoms with Crippen molar-refractivity contribution in [2.24, 2.45) is 5.73 Å². The lowest BCUT2D eigenvalue weighted by Gasteiger charge is -2.01. The minimum Gasteiger partial charge on any atom is -0.370 e. The highest BCUT2D eigenvalue weighted by Crippen LogP contribution is 2.10.